The molecule has 3 fully saturated rings. The summed E-state index contributed by atoms with van der Waals surface area (Å²) < 4.78 is 0. The number of nitrogens with zero attached hydrogens (tertiary/aromatic N) is 4. The van der Waals surface area contributed by atoms with Crippen LogP contribution in [0.15, 0.2) is 42.7 Å². The van der Waals surface area contributed by atoms with Gasteiger partial charge < -0.3 is 0 Å². The number of aromatic nitrogens is 2. The molecule has 3 aliphatic heterocycles. The van der Waals surface area contributed by atoms with Crippen LogP contribution in [0.3, 0.4) is 0 Å². The Bertz CT molecular complexity index is 698. The summed E-state index contributed by atoms with van der Waals surface area (Å²) in [6.07, 6.45) is 6.75. The van der Waals surface area contributed by atoms with Crippen LogP contribution in [-0.2, 0) is 13.1 Å². The topological polar surface area (TPSA) is 32.3 Å². The van der Waals surface area contributed by atoms with Crippen LogP contribution >= 0.6 is 0 Å². The SMILES string of the molecule is CC(C)c1ncc(CN2C[C@@H]3CC[C@H](C2)N(Cc2ccccc2)C3)cn1. The molecule has 138 valence electrons. The fourth-order valence-corrected chi connectivity index (χ4v) is 4.42. The summed E-state index contributed by atoms with van der Waals surface area (Å²) in [5.41, 5.74) is 2.68. The second kappa shape index (κ2) is 7.85. The summed E-state index contributed by atoms with van der Waals surface area (Å²) in [4.78, 5) is 14.4. The molecule has 1 aromatic carbocycles. The molecule has 2 aromatic rings. The van der Waals surface area contributed by atoms with Gasteiger partial charge in [-0.15, -0.1) is 0 Å². The average molecular weight is 351 g/mol. The molecule has 4 nitrogen and oxygen atoms in total. The molecule has 2 atom stereocenters. The number of fused-ring (bicyclic) bond motifs is 4. The lowest BCUT2D eigenvalue weighted by Gasteiger charge is -2.36. The standard InChI is InChI=1S/C22H30N4/c1-17(2)22-23-10-20(11-24-22)13-25-12-19-8-9-21(16-25)26(15-19)14-18-6-4-3-5-7-18/h3-7,10-11,17,19,21H,8-9,12-16H2,1-2H3/t19-,21+/m0/s1. The number of rotatable bonds is 5. The molecule has 4 heterocycles. The van der Waals surface area contributed by atoms with Gasteiger partial charge >= 0.3 is 0 Å². The molecule has 5 rings (SSSR count). The molecule has 0 saturated carbocycles. The molecule has 0 radical (unpaired) electrons. The molecule has 4 heteroatoms. The quantitative estimate of drug-likeness (QED) is 0.823. The van der Waals surface area contributed by atoms with Crippen LogP contribution in [0, 0.1) is 5.92 Å². The molecular formula is C22H30N4. The number of piperidine rings is 1. The summed E-state index contributed by atoms with van der Waals surface area (Å²) in [6, 6.07) is 11.6. The van der Waals surface area contributed by atoms with E-state index in [2.05, 4.69) is 63.9 Å². The maximum atomic E-state index is 4.54. The lowest BCUT2D eigenvalue weighted by molar-refractivity contribution is 0.123. The molecule has 3 aliphatic rings. The third-order valence-corrected chi connectivity index (χ3v) is 5.78. The Labute approximate surface area is 157 Å². The summed E-state index contributed by atoms with van der Waals surface area (Å²) in [6.45, 7) is 9.94. The first-order valence-electron chi connectivity index (χ1n) is 9.98. The van der Waals surface area contributed by atoms with Crippen LogP contribution in [0.1, 0.15) is 49.6 Å². The van der Waals surface area contributed by atoms with Crippen molar-refractivity contribution in [3.63, 3.8) is 0 Å². The smallest absolute Gasteiger partial charge is 0.130 e. The third kappa shape index (κ3) is 4.13. The van der Waals surface area contributed by atoms with E-state index in [-0.39, 0.29) is 0 Å². The lowest BCUT2D eigenvalue weighted by atomic mass is 9.94. The Balaban J connectivity index is 1.41. The van der Waals surface area contributed by atoms with Crippen molar-refractivity contribution < 1.29 is 0 Å². The molecule has 0 unspecified atom stereocenters. The molecule has 1 aromatic heterocycles. The first-order chi connectivity index (χ1) is 12.7. The summed E-state index contributed by atoms with van der Waals surface area (Å²) in [5.74, 6) is 2.12. The Morgan fingerprint density at radius 3 is 2.42 bits per heavy atom. The third-order valence-electron chi connectivity index (χ3n) is 5.78. The van der Waals surface area contributed by atoms with Crippen LogP contribution in [0.4, 0.5) is 0 Å². The molecule has 3 saturated heterocycles. The zero-order valence-electron chi connectivity index (χ0n) is 16.0. The Kier molecular flexibility index (Phi) is 5.32. The van der Waals surface area contributed by atoms with E-state index in [1.54, 1.807) is 0 Å². The van der Waals surface area contributed by atoms with Gasteiger partial charge in [0.05, 0.1) is 0 Å². The van der Waals surface area contributed by atoms with Crippen molar-refractivity contribution in [1.82, 2.24) is 19.8 Å². The van der Waals surface area contributed by atoms with Gasteiger partial charge in [-0.25, -0.2) is 9.97 Å². The van der Waals surface area contributed by atoms with Crippen molar-refractivity contribution in [2.75, 3.05) is 19.6 Å². The highest BCUT2D eigenvalue weighted by Gasteiger charge is 2.34. The second-order valence-corrected chi connectivity index (χ2v) is 8.31. The molecule has 0 N–H and O–H groups in total. The molecule has 0 spiro atoms. The average Bonchev–Trinajstić information content (AvgIpc) is 2.93. The molecule has 2 bridgehead atoms. The lowest BCUT2D eigenvalue weighted by Crippen LogP contribution is -2.43. The Hall–Kier alpha value is -1.78. The maximum absolute atomic E-state index is 4.54. The predicted octanol–water partition coefficient (Wildman–Crippen LogP) is 3.70. The van der Waals surface area contributed by atoms with Gasteiger partial charge in [0, 0.05) is 62.6 Å². The minimum Gasteiger partial charge on any atom is -0.297 e. The fraction of sp³-hybridized carbons (Fsp3) is 0.545. The van der Waals surface area contributed by atoms with Crippen molar-refractivity contribution in [2.24, 2.45) is 5.92 Å². The number of benzene rings is 1. The van der Waals surface area contributed by atoms with Gasteiger partial charge in [-0.05, 0) is 24.3 Å². The fourth-order valence-electron chi connectivity index (χ4n) is 4.42. The van der Waals surface area contributed by atoms with Gasteiger partial charge in [-0.2, -0.15) is 0 Å². The van der Waals surface area contributed by atoms with Crippen molar-refractivity contribution in [3.05, 3.63) is 59.7 Å². The van der Waals surface area contributed by atoms with Gasteiger partial charge in [-0.3, -0.25) is 9.80 Å². The van der Waals surface area contributed by atoms with Gasteiger partial charge in [0.15, 0.2) is 0 Å². The van der Waals surface area contributed by atoms with E-state index < -0.39 is 0 Å². The van der Waals surface area contributed by atoms with Crippen molar-refractivity contribution in [1.29, 1.82) is 0 Å². The van der Waals surface area contributed by atoms with E-state index >= 15 is 0 Å². The van der Waals surface area contributed by atoms with Crippen LogP contribution < -0.4 is 0 Å². The van der Waals surface area contributed by atoms with E-state index in [9.17, 15) is 0 Å². The van der Waals surface area contributed by atoms with Crippen LogP contribution in [0.25, 0.3) is 0 Å². The van der Waals surface area contributed by atoms with E-state index in [0.717, 1.165) is 31.4 Å². The van der Waals surface area contributed by atoms with E-state index in [1.165, 1.54) is 37.1 Å². The number of hydrogen-bond donors (Lipinski definition) is 0. The zero-order valence-corrected chi connectivity index (χ0v) is 16.0. The van der Waals surface area contributed by atoms with E-state index in [1.807, 2.05) is 12.4 Å². The first kappa shape index (κ1) is 17.6. The van der Waals surface area contributed by atoms with Gasteiger partial charge in [-0.1, -0.05) is 44.2 Å². The highest BCUT2D eigenvalue weighted by Crippen LogP contribution is 2.29. The largest absolute Gasteiger partial charge is 0.297 e. The number of hydrogen-bond acceptors (Lipinski definition) is 4. The van der Waals surface area contributed by atoms with E-state index in [0.29, 0.717) is 12.0 Å². The van der Waals surface area contributed by atoms with Crippen molar-refractivity contribution in [3.8, 4) is 0 Å². The summed E-state index contributed by atoms with van der Waals surface area (Å²) in [7, 11) is 0. The van der Waals surface area contributed by atoms with Gasteiger partial charge in [0.25, 0.3) is 0 Å². The van der Waals surface area contributed by atoms with Gasteiger partial charge in [0.1, 0.15) is 5.82 Å². The maximum Gasteiger partial charge on any atom is 0.130 e. The second-order valence-electron chi connectivity index (χ2n) is 8.31. The predicted molar refractivity (Wildman–Crippen MR) is 105 cm³/mol. The highest BCUT2D eigenvalue weighted by molar-refractivity contribution is 5.15. The molecule has 0 amide bonds. The minimum absolute atomic E-state index is 0.393. The normalized spacial score (nSPS) is 24.1. The molecular weight excluding hydrogens is 320 g/mol. The summed E-state index contributed by atoms with van der Waals surface area (Å²) in [5, 5.41) is 0. The van der Waals surface area contributed by atoms with Crippen molar-refractivity contribution in [2.45, 2.75) is 51.7 Å². The molecule has 0 aliphatic carbocycles. The highest BCUT2D eigenvalue weighted by atomic mass is 15.3. The minimum atomic E-state index is 0.393. The monoisotopic (exact) mass is 350 g/mol. The van der Waals surface area contributed by atoms with E-state index in [4.69, 9.17) is 0 Å². The van der Waals surface area contributed by atoms with Crippen LogP contribution in [0.5, 0.6) is 0 Å². The zero-order chi connectivity index (χ0) is 17.9. The summed E-state index contributed by atoms with van der Waals surface area (Å²) >= 11 is 0. The Morgan fingerprint density at radius 1 is 0.923 bits per heavy atom. The van der Waals surface area contributed by atoms with Crippen LogP contribution in [0.2, 0.25) is 0 Å². The van der Waals surface area contributed by atoms with Gasteiger partial charge in [0.2, 0.25) is 0 Å². The first-order valence-corrected chi connectivity index (χ1v) is 9.98. The van der Waals surface area contributed by atoms with Crippen LogP contribution in [-0.4, -0.2) is 45.4 Å². The molecule has 26 heavy (non-hydrogen) atoms. The van der Waals surface area contributed by atoms with Crippen molar-refractivity contribution >= 4 is 0 Å². The Morgan fingerprint density at radius 2 is 1.69 bits per heavy atom.